The zero-order valence-corrected chi connectivity index (χ0v) is 18.1. The van der Waals surface area contributed by atoms with Crippen LogP contribution in [0.5, 0.6) is 0 Å². The van der Waals surface area contributed by atoms with Crippen molar-refractivity contribution in [1.82, 2.24) is 9.97 Å². The molecule has 31 heavy (non-hydrogen) atoms. The Hall–Kier alpha value is -3.28. The second-order valence-corrected chi connectivity index (χ2v) is 9.29. The van der Waals surface area contributed by atoms with Crippen molar-refractivity contribution in [3.63, 3.8) is 0 Å². The first-order chi connectivity index (χ1) is 15.0. The molecule has 0 aliphatic carbocycles. The molecule has 0 aliphatic heterocycles. The molecule has 0 atom stereocenters. The number of aromatic nitrogens is 2. The Morgan fingerprint density at radius 2 is 1.87 bits per heavy atom. The summed E-state index contributed by atoms with van der Waals surface area (Å²) < 4.78 is 1.57. The Bertz CT molecular complexity index is 1270. The Morgan fingerprint density at radius 1 is 1.06 bits per heavy atom. The van der Waals surface area contributed by atoms with Gasteiger partial charge in [0.2, 0.25) is 5.91 Å². The SMILES string of the molecule is O=C(CSc1nc2ccc(NC(=O)c3ccccc3C(=O)O)cc2s1)Nc1nccs1. The summed E-state index contributed by atoms with van der Waals surface area (Å²) in [7, 11) is 0. The van der Waals surface area contributed by atoms with Crippen molar-refractivity contribution in [2.75, 3.05) is 16.4 Å². The maximum atomic E-state index is 12.5. The van der Waals surface area contributed by atoms with Crippen LogP contribution in [0.25, 0.3) is 10.2 Å². The number of benzene rings is 2. The predicted molar refractivity (Wildman–Crippen MR) is 122 cm³/mol. The number of hydrogen-bond acceptors (Lipinski definition) is 8. The highest BCUT2D eigenvalue weighted by Gasteiger charge is 2.16. The first kappa shape index (κ1) is 21.0. The number of nitrogens with one attached hydrogen (secondary N) is 2. The highest BCUT2D eigenvalue weighted by Crippen LogP contribution is 2.31. The van der Waals surface area contributed by atoms with Crippen LogP contribution in [0.2, 0.25) is 0 Å². The molecule has 3 N–H and O–H groups in total. The fourth-order valence-electron chi connectivity index (χ4n) is 2.68. The number of hydrogen-bond donors (Lipinski definition) is 3. The van der Waals surface area contributed by atoms with Crippen molar-refractivity contribution in [1.29, 1.82) is 0 Å². The second-order valence-electron chi connectivity index (χ2n) is 6.14. The maximum Gasteiger partial charge on any atom is 0.336 e. The highest BCUT2D eigenvalue weighted by atomic mass is 32.2. The first-order valence-corrected chi connectivity index (χ1v) is 11.5. The van der Waals surface area contributed by atoms with Crippen LogP contribution in [0.4, 0.5) is 10.8 Å². The fraction of sp³-hybridized carbons (Fsp3) is 0.0500. The smallest absolute Gasteiger partial charge is 0.336 e. The van der Waals surface area contributed by atoms with Crippen LogP contribution in [0.3, 0.4) is 0 Å². The minimum Gasteiger partial charge on any atom is -0.478 e. The summed E-state index contributed by atoms with van der Waals surface area (Å²) in [5.74, 6) is -1.63. The van der Waals surface area contributed by atoms with Crippen LogP contribution >= 0.6 is 34.4 Å². The third kappa shape index (κ3) is 5.08. The van der Waals surface area contributed by atoms with E-state index in [1.165, 1.54) is 46.6 Å². The summed E-state index contributed by atoms with van der Waals surface area (Å²) in [6, 6.07) is 11.3. The molecular weight excluding hydrogens is 456 g/mol. The second kappa shape index (κ2) is 9.25. The quantitative estimate of drug-likeness (QED) is 0.342. The number of thioether (sulfide) groups is 1. The van der Waals surface area contributed by atoms with Crippen LogP contribution in [0.15, 0.2) is 58.4 Å². The lowest BCUT2D eigenvalue weighted by atomic mass is 10.1. The Labute approximate surface area is 188 Å². The molecule has 4 rings (SSSR count). The molecule has 8 nitrogen and oxygen atoms in total. The molecule has 2 aromatic heterocycles. The number of carboxylic acids is 1. The van der Waals surface area contributed by atoms with Crippen LogP contribution < -0.4 is 10.6 Å². The van der Waals surface area contributed by atoms with Crippen molar-refractivity contribution in [2.45, 2.75) is 4.34 Å². The molecule has 2 aromatic carbocycles. The third-order valence-electron chi connectivity index (χ3n) is 4.03. The van der Waals surface area contributed by atoms with Crippen LogP contribution in [-0.4, -0.2) is 38.6 Å². The summed E-state index contributed by atoms with van der Waals surface area (Å²) in [4.78, 5) is 44.4. The molecule has 4 aromatic rings. The number of carbonyl (C=O) groups is 3. The highest BCUT2D eigenvalue weighted by molar-refractivity contribution is 8.01. The van der Waals surface area contributed by atoms with E-state index in [1.54, 1.807) is 41.9 Å². The van der Waals surface area contributed by atoms with E-state index in [-0.39, 0.29) is 22.8 Å². The lowest BCUT2D eigenvalue weighted by molar-refractivity contribution is -0.113. The van der Waals surface area contributed by atoms with Gasteiger partial charge in [-0.3, -0.25) is 9.59 Å². The van der Waals surface area contributed by atoms with Crippen molar-refractivity contribution >= 4 is 73.3 Å². The van der Waals surface area contributed by atoms with Gasteiger partial charge in [-0.15, -0.1) is 22.7 Å². The molecular formula is C20H14N4O4S3. The molecule has 0 saturated carbocycles. The first-order valence-electron chi connectivity index (χ1n) is 8.86. The number of nitrogens with zero attached hydrogens (tertiary/aromatic N) is 2. The Balaban J connectivity index is 1.43. The molecule has 0 saturated heterocycles. The lowest BCUT2D eigenvalue weighted by Gasteiger charge is -2.07. The third-order valence-corrected chi connectivity index (χ3v) is 6.88. The topological polar surface area (TPSA) is 121 Å². The van der Waals surface area contributed by atoms with E-state index in [0.717, 1.165) is 14.6 Å². The summed E-state index contributed by atoms with van der Waals surface area (Å²) in [6.07, 6.45) is 1.62. The molecule has 0 aliphatic rings. The number of anilines is 2. The van der Waals surface area contributed by atoms with E-state index in [9.17, 15) is 19.5 Å². The largest absolute Gasteiger partial charge is 0.478 e. The van der Waals surface area contributed by atoms with E-state index in [1.807, 2.05) is 0 Å². The van der Waals surface area contributed by atoms with Crippen LogP contribution in [0.1, 0.15) is 20.7 Å². The summed E-state index contributed by atoms with van der Waals surface area (Å²) in [5.41, 5.74) is 1.30. The summed E-state index contributed by atoms with van der Waals surface area (Å²) >= 11 is 4.07. The predicted octanol–water partition coefficient (Wildman–Crippen LogP) is 4.43. The lowest BCUT2D eigenvalue weighted by Crippen LogP contribution is -2.16. The van der Waals surface area contributed by atoms with Gasteiger partial charge in [-0.1, -0.05) is 23.9 Å². The average Bonchev–Trinajstić information content (AvgIpc) is 3.41. The molecule has 0 fully saturated rings. The summed E-state index contributed by atoms with van der Waals surface area (Å²) in [5, 5.41) is 17.1. The van der Waals surface area contributed by atoms with E-state index in [0.29, 0.717) is 10.8 Å². The number of carbonyl (C=O) groups excluding carboxylic acids is 2. The van der Waals surface area contributed by atoms with Gasteiger partial charge in [0.05, 0.1) is 27.1 Å². The number of amides is 2. The molecule has 0 spiro atoms. The maximum absolute atomic E-state index is 12.5. The van der Waals surface area contributed by atoms with Crippen molar-refractivity contribution < 1.29 is 19.5 Å². The van der Waals surface area contributed by atoms with Gasteiger partial charge in [-0.2, -0.15) is 0 Å². The standard InChI is InChI=1S/C20H14N4O4S3/c25-16(24-19-21-7-8-29-19)10-30-20-23-14-6-5-11(9-15(14)31-20)22-17(26)12-3-1-2-4-13(12)18(27)28/h1-9H,10H2,(H,22,26)(H,27,28)(H,21,24,25). The molecule has 11 heteroatoms. The number of fused-ring (bicyclic) bond motifs is 1. The van der Waals surface area contributed by atoms with Gasteiger partial charge in [0.25, 0.3) is 5.91 Å². The van der Waals surface area contributed by atoms with Crippen LogP contribution in [0, 0.1) is 0 Å². The normalized spacial score (nSPS) is 10.7. The number of rotatable bonds is 7. The van der Waals surface area contributed by atoms with Crippen molar-refractivity contribution in [3.05, 3.63) is 65.2 Å². The van der Waals surface area contributed by atoms with Gasteiger partial charge < -0.3 is 15.7 Å². The monoisotopic (exact) mass is 470 g/mol. The molecule has 0 bridgehead atoms. The Morgan fingerprint density at radius 3 is 2.61 bits per heavy atom. The van der Waals surface area contributed by atoms with E-state index < -0.39 is 11.9 Å². The van der Waals surface area contributed by atoms with Gasteiger partial charge in [-0.05, 0) is 30.3 Å². The number of thiazole rings is 2. The molecule has 0 radical (unpaired) electrons. The molecule has 0 unspecified atom stereocenters. The van der Waals surface area contributed by atoms with Gasteiger partial charge in [0.15, 0.2) is 9.47 Å². The summed E-state index contributed by atoms with van der Waals surface area (Å²) in [6.45, 7) is 0. The minimum atomic E-state index is -1.16. The zero-order valence-electron chi connectivity index (χ0n) is 15.7. The average molecular weight is 471 g/mol. The van der Waals surface area contributed by atoms with E-state index >= 15 is 0 Å². The molecule has 2 amide bonds. The van der Waals surface area contributed by atoms with Gasteiger partial charge in [-0.25, -0.2) is 14.8 Å². The van der Waals surface area contributed by atoms with E-state index in [2.05, 4.69) is 20.6 Å². The minimum absolute atomic E-state index is 0.0615. The van der Waals surface area contributed by atoms with Crippen molar-refractivity contribution in [3.8, 4) is 0 Å². The number of aromatic carboxylic acids is 1. The fourth-order valence-corrected chi connectivity index (χ4v) is 5.13. The van der Waals surface area contributed by atoms with E-state index in [4.69, 9.17) is 0 Å². The molecule has 2 heterocycles. The number of carboxylic acid groups (broad SMARTS) is 1. The molecule has 156 valence electrons. The van der Waals surface area contributed by atoms with Gasteiger partial charge in [0.1, 0.15) is 0 Å². The van der Waals surface area contributed by atoms with Gasteiger partial charge in [0, 0.05) is 17.3 Å². The zero-order chi connectivity index (χ0) is 21.8. The van der Waals surface area contributed by atoms with Gasteiger partial charge >= 0.3 is 5.97 Å². The van der Waals surface area contributed by atoms with Crippen molar-refractivity contribution in [2.24, 2.45) is 0 Å². The Kier molecular flexibility index (Phi) is 6.26. The van der Waals surface area contributed by atoms with Crippen LogP contribution in [-0.2, 0) is 4.79 Å².